The van der Waals surface area contributed by atoms with Gasteiger partial charge in [-0.2, -0.15) is 0 Å². The molecular formula is C15H16N4O2S2. The molecule has 8 heteroatoms. The Kier molecular flexibility index (Phi) is 3.65. The van der Waals surface area contributed by atoms with Crippen LogP contribution in [-0.2, 0) is 0 Å². The summed E-state index contributed by atoms with van der Waals surface area (Å²) in [4.78, 5) is 30.3. The lowest BCUT2D eigenvalue weighted by molar-refractivity contribution is 0.0932. The molecule has 2 N–H and O–H groups in total. The fraction of sp³-hybridized carbons (Fsp3) is 0.400. The Hall–Kier alpha value is -1.80. The summed E-state index contributed by atoms with van der Waals surface area (Å²) in [6.07, 6.45) is 7.21. The van der Waals surface area contributed by atoms with E-state index in [-0.39, 0.29) is 18.0 Å². The first-order chi connectivity index (χ1) is 11.1. The Labute approximate surface area is 142 Å². The number of thiol groups is 1. The first kappa shape index (κ1) is 14.8. The highest BCUT2D eigenvalue weighted by Gasteiger charge is 2.31. The highest BCUT2D eigenvalue weighted by Crippen LogP contribution is 2.43. The normalized spacial score (nSPS) is 18.1. The van der Waals surface area contributed by atoms with Gasteiger partial charge in [0.2, 0.25) is 0 Å². The van der Waals surface area contributed by atoms with Crippen LogP contribution in [0.25, 0.3) is 10.2 Å². The molecule has 0 bridgehead atoms. The van der Waals surface area contributed by atoms with Gasteiger partial charge in [-0.1, -0.05) is 32.1 Å². The Morgan fingerprint density at radius 1 is 1.39 bits per heavy atom. The third-order valence-electron chi connectivity index (χ3n) is 4.37. The minimum absolute atomic E-state index is 0.131. The number of carbonyl (C=O) groups excluding carboxylic acids is 2. The van der Waals surface area contributed by atoms with Crippen molar-refractivity contribution >= 4 is 57.7 Å². The highest BCUT2D eigenvalue weighted by molar-refractivity contribution is 7.82. The van der Waals surface area contributed by atoms with Crippen LogP contribution in [0.5, 0.6) is 0 Å². The molecule has 0 unspecified atom stereocenters. The molecule has 120 valence electrons. The van der Waals surface area contributed by atoms with Crippen molar-refractivity contribution in [3.63, 3.8) is 0 Å². The largest absolute Gasteiger partial charge is 0.349 e. The van der Waals surface area contributed by atoms with Crippen molar-refractivity contribution in [2.24, 2.45) is 0 Å². The topological polar surface area (TPSA) is 74.3 Å². The molecule has 2 aromatic heterocycles. The number of hydrogen-bond donors (Lipinski definition) is 3. The van der Waals surface area contributed by atoms with Crippen LogP contribution >= 0.6 is 24.2 Å². The molecule has 1 aliphatic carbocycles. The number of nitrogens with zero attached hydrogens (tertiary/aromatic N) is 2. The maximum Gasteiger partial charge on any atom is 0.336 e. The van der Waals surface area contributed by atoms with Crippen molar-refractivity contribution in [2.75, 3.05) is 9.62 Å². The van der Waals surface area contributed by atoms with Crippen LogP contribution in [0.3, 0.4) is 0 Å². The second-order valence-electron chi connectivity index (χ2n) is 5.87. The molecule has 4 rings (SSSR count). The molecular weight excluding hydrogens is 332 g/mol. The van der Waals surface area contributed by atoms with Crippen molar-refractivity contribution in [3.8, 4) is 0 Å². The Balaban J connectivity index is 1.72. The van der Waals surface area contributed by atoms with E-state index < -0.39 is 0 Å². The van der Waals surface area contributed by atoms with E-state index >= 15 is 0 Å². The van der Waals surface area contributed by atoms with E-state index in [0.29, 0.717) is 16.3 Å². The van der Waals surface area contributed by atoms with Gasteiger partial charge < -0.3 is 10.6 Å². The summed E-state index contributed by atoms with van der Waals surface area (Å²) in [5.74, 6) is -0.131. The summed E-state index contributed by atoms with van der Waals surface area (Å²) in [7, 11) is 0. The maximum atomic E-state index is 12.7. The second-order valence-corrected chi connectivity index (χ2v) is 7.27. The van der Waals surface area contributed by atoms with Gasteiger partial charge in [-0.25, -0.2) is 14.1 Å². The van der Waals surface area contributed by atoms with E-state index in [9.17, 15) is 9.59 Å². The van der Waals surface area contributed by atoms with E-state index in [1.807, 2.05) is 0 Å². The number of thiophene rings is 1. The number of pyridine rings is 1. The summed E-state index contributed by atoms with van der Waals surface area (Å²) in [6, 6.07) is 1.59. The van der Waals surface area contributed by atoms with Crippen LogP contribution in [0, 0.1) is 0 Å². The lowest BCUT2D eigenvalue weighted by Gasteiger charge is -2.24. The zero-order valence-electron chi connectivity index (χ0n) is 12.3. The molecule has 2 aliphatic rings. The van der Waals surface area contributed by atoms with Crippen LogP contribution in [0.1, 0.15) is 41.8 Å². The minimum Gasteiger partial charge on any atom is -0.349 e. The van der Waals surface area contributed by atoms with Gasteiger partial charge in [-0.3, -0.25) is 4.79 Å². The van der Waals surface area contributed by atoms with Gasteiger partial charge in [0.15, 0.2) is 0 Å². The average Bonchev–Trinajstić information content (AvgIpc) is 2.93. The van der Waals surface area contributed by atoms with Crippen molar-refractivity contribution in [1.29, 1.82) is 0 Å². The smallest absolute Gasteiger partial charge is 0.336 e. The zero-order valence-corrected chi connectivity index (χ0v) is 14.0. The van der Waals surface area contributed by atoms with E-state index in [0.717, 1.165) is 35.9 Å². The molecule has 1 fully saturated rings. The zero-order chi connectivity index (χ0) is 16.0. The Bertz CT molecular complexity index is 798. The lowest BCUT2D eigenvalue weighted by Crippen LogP contribution is -2.37. The van der Waals surface area contributed by atoms with Gasteiger partial charge in [-0.15, -0.1) is 11.3 Å². The van der Waals surface area contributed by atoms with Crippen molar-refractivity contribution in [3.05, 3.63) is 17.1 Å². The first-order valence-corrected chi connectivity index (χ1v) is 8.89. The van der Waals surface area contributed by atoms with Gasteiger partial charge in [0, 0.05) is 12.2 Å². The number of amides is 3. The van der Waals surface area contributed by atoms with Gasteiger partial charge in [0.05, 0.1) is 16.8 Å². The van der Waals surface area contributed by atoms with Crippen LogP contribution < -0.4 is 14.9 Å². The summed E-state index contributed by atoms with van der Waals surface area (Å²) in [6.45, 7) is 0. The molecule has 2 aromatic rings. The average molecular weight is 348 g/mol. The van der Waals surface area contributed by atoms with E-state index in [4.69, 9.17) is 0 Å². The van der Waals surface area contributed by atoms with E-state index in [2.05, 4.69) is 28.4 Å². The number of hydrogen-bond acceptors (Lipinski definition) is 5. The summed E-state index contributed by atoms with van der Waals surface area (Å²) in [5, 5.41) is 6.64. The highest BCUT2D eigenvalue weighted by atomic mass is 32.1. The molecule has 1 saturated carbocycles. The van der Waals surface area contributed by atoms with Crippen molar-refractivity contribution < 1.29 is 9.59 Å². The number of urea groups is 1. The van der Waals surface area contributed by atoms with Crippen LogP contribution in [0.2, 0.25) is 0 Å². The third kappa shape index (κ3) is 2.46. The Morgan fingerprint density at radius 3 is 2.96 bits per heavy atom. The number of rotatable bonds is 2. The number of aromatic nitrogens is 1. The number of nitrogens with one attached hydrogen (secondary N) is 2. The third-order valence-corrected chi connectivity index (χ3v) is 5.86. The molecule has 1 aliphatic heterocycles. The number of anilines is 2. The fourth-order valence-electron chi connectivity index (χ4n) is 3.23. The molecule has 0 spiro atoms. The van der Waals surface area contributed by atoms with Crippen LogP contribution in [0.15, 0.2) is 12.3 Å². The second kappa shape index (κ2) is 5.68. The van der Waals surface area contributed by atoms with Crippen molar-refractivity contribution in [2.45, 2.75) is 38.1 Å². The van der Waals surface area contributed by atoms with Gasteiger partial charge >= 0.3 is 6.03 Å². The monoisotopic (exact) mass is 348 g/mol. The predicted octanol–water partition coefficient (Wildman–Crippen LogP) is 3.56. The summed E-state index contributed by atoms with van der Waals surface area (Å²) < 4.78 is 1.24. The molecule has 6 nitrogen and oxygen atoms in total. The molecule has 0 aromatic carbocycles. The van der Waals surface area contributed by atoms with E-state index in [1.165, 1.54) is 22.1 Å². The number of carbonyl (C=O) groups is 2. The molecule has 0 saturated heterocycles. The fourth-order valence-corrected chi connectivity index (χ4v) is 4.47. The van der Waals surface area contributed by atoms with Gasteiger partial charge in [0.1, 0.15) is 9.71 Å². The first-order valence-electron chi connectivity index (χ1n) is 7.67. The van der Waals surface area contributed by atoms with Gasteiger partial charge in [0.25, 0.3) is 5.91 Å². The summed E-state index contributed by atoms with van der Waals surface area (Å²) in [5.41, 5.74) is 1.21. The maximum absolute atomic E-state index is 12.7. The quantitative estimate of drug-likeness (QED) is 0.727. The Morgan fingerprint density at radius 2 is 2.17 bits per heavy atom. The SMILES string of the molecule is O=C(NC1CCCCC1)c1sc2nccc3c2c1NC(=O)N3S. The molecule has 0 radical (unpaired) electrons. The minimum atomic E-state index is -0.363. The van der Waals surface area contributed by atoms with Crippen molar-refractivity contribution in [1.82, 2.24) is 10.3 Å². The predicted molar refractivity (Wildman–Crippen MR) is 94.4 cm³/mol. The van der Waals surface area contributed by atoms with Crippen LogP contribution in [-0.4, -0.2) is 23.0 Å². The molecule has 23 heavy (non-hydrogen) atoms. The molecule has 3 amide bonds. The lowest BCUT2D eigenvalue weighted by atomic mass is 9.95. The molecule has 0 atom stereocenters. The van der Waals surface area contributed by atoms with Gasteiger partial charge in [-0.05, 0) is 18.9 Å². The summed E-state index contributed by atoms with van der Waals surface area (Å²) >= 11 is 5.50. The van der Waals surface area contributed by atoms with Crippen LogP contribution in [0.4, 0.5) is 16.2 Å². The standard InChI is InChI=1S/C15H16N4O2S2/c20-13(17-8-4-2-1-3-5-8)12-11-10-9(19(22)15(21)18-11)6-7-16-14(10)23-12/h6-8,22H,1-5H2,(H,17,20)(H,18,21). The molecule has 3 heterocycles. The van der Waals surface area contributed by atoms with E-state index in [1.54, 1.807) is 12.3 Å².